The average molecular weight is 298 g/mol. The molecule has 2 aromatic heterocycles. The Kier molecular flexibility index (Phi) is 4.07. The van der Waals surface area contributed by atoms with Gasteiger partial charge in [-0.15, -0.1) is 0 Å². The summed E-state index contributed by atoms with van der Waals surface area (Å²) in [7, 11) is 0. The fourth-order valence-electron chi connectivity index (χ4n) is 1.92. The van der Waals surface area contributed by atoms with E-state index in [9.17, 15) is 4.79 Å². The molecule has 0 aliphatic heterocycles. The van der Waals surface area contributed by atoms with Crippen LogP contribution in [0.5, 0.6) is 0 Å². The second-order valence-corrected chi connectivity index (χ2v) is 5.47. The van der Waals surface area contributed by atoms with Gasteiger partial charge in [-0.1, -0.05) is 29.5 Å². The van der Waals surface area contributed by atoms with E-state index in [0.29, 0.717) is 18.1 Å². The molecule has 0 saturated heterocycles. The van der Waals surface area contributed by atoms with E-state index in [2.05, 4.69) is 20.6 Å². The molecule has 0 bridgehead atoms. The summed E-state index contributed by atoms with van der Waals surface area (Å²) in [5, 5.41) is 6.16. The first-order chi connectivity index (χ1) is 10.3. The summed E-state index contributed by atoms with van der Waals surface area (Å²) in [6.45, 7) is 0.535. The molecule has 0 radical (unpaired) electrons. The molecule has 2 heterocycles. The molecule has 0 atom stereocenters. The number of benzene rings is 1. The predicted octanol–water partition coefficient (Wildman–Crippen LogP) is 3.06. The van der Waals surface area contributed by atoms with Gasteiger partial charge in [0, 0.05) is 24.9 Å². The summed E-state index contributed by atoms with van der Waals surface area (Å²) in [6, 6.07) is 13.3. The van der Waals surface area contributed by atoms with Crippen LogP contribution < -0.4 is 10.6 Å². The lowest BCUT2D eigenvalue weighted by atomic mass is 10.3. The van der Waals surface area contributed by atoms with Crippen molar-refractivity contribution in [3.8, 4) is 0 Å². The summed E-state index contributed by atoms with van der Waals surface area (Å²) in [5.74, 6) is 0. The van der Waals surface area contributed by atoms with Crippen molar-refractivity contribution in [1.82, 2.24) is 15.3 Å². The third-order valence-electron chi connectivity index (χ3n) is 2.91. The van der Waals surface area contributed by atoms with E-state index in [4.69, 9.17) is 0 Å². The van der Waals surface area contributed by atoms with Gasteiger partial charge in [0.15, 0.2) is 5.13 Å². The van der Waals surface area contributed by atoms with E-state index in [1.165, 1.54) is 11.3 Å². The Morgan fingerprint density at radius 1 is 1.14 bits per heavy atom. The number of pyridine rings is 1. The lowest BCUT2D eigenvalue weighted by Gasteiger charge is -2.04. The Balaban J connectivity index is 1.52. The highest BCUT2D eigenvalue weighted by Crippen LogP contribution is 2.25. The van der Waals surface area contributed by atoms with Crippen LogP contribution in [-0.2, 0) is 6.42 Å². The molecule has 1 aromatic carbocycles. The SMILES string of the molecule is O=C(NCCc1ccccn1)Nc1nc2ccccc2s1. The van der Waals surface area contributed by atoms with Crippen LogP contribution in [0.3, 0.4) is 0 Å². The molecule has 106 valence electrons. The first-order valence-corrected chi connectivity index (χ1v) is 7.43. The van der Waals surface area contributed by atoms with Gasteiger partial charge in [0.2, 0.25) is 0 Å². The minimum Gasteiger partial charge on any atom is -0.337 e. The summed E-state index contributed by atoms with van der Waals surface area (Å²) in [4.78, 5) is 20.4. The second kappa shape index (κ2) is 6.32. The fourth-order valence-corrected chi connectivity index (χ4v) is 2.78. The highest BCUT2D eigenvalue weighted by molar-refractivity contribution is 7.22. The number of rotatable bonds is 4. The average Bonchev–Trinajstić information content (AvgIpc) is 2.90. The summed E-state index contributed by atoms with van der Waals surface area (Å²) in [6.07, 6.45) is 2.45. The molecule has 0 aliphatic carbocycles. The van der Waals surface area contributed by atoms with E-state index in [0.717, 1.165) is 15.9 Å². The van der Waals surface area contributed by atoms with Crippen molar-refractivity contribution < 1.29 is 4.79 Å². The van der Waals surface area contributed by atoms with E-state index in [1.54, 1.807) is 6.20 Å². The van der Waals surface area contributed by atoms with Gasteiger partial charge in [-0.05, 0) is 24.3 Å². The zero-order chi connectivity index (χ0) is 14.5. The Morgan fingerprint density at radius 3 is 2.81 bits per heavy atom. The van der Waals surface area contributed by atoms with Crippen LogP contribution >= 0.6 is 11.3 Å². The Labute approximate surface area is 126 Å². The maximum absolute atomic E-state index is 11.8. The molecule has 3 rings (SSSR count). The number of nitrogens with one attached hydrogen (secondary N) is 2. The quantitative estimate of drug-likeness (QED) is 0.778. The molecule has 21 heavy (non-hydrogen) atoms. The van der Waals surface area contributed by atoms with Gasteiger partial charge >= 0.3 is 6.03 Å². The number of amides is 2. The monoisotopic (exact) mass is 298 g/mol. The van der Waals surface area contributed by atoms with Crippen molar-refractivity contribution in [3.63, 3.8) is 0 Å². The number of fused-ring (bicyclic) bond motifs is 1. The zero-order valence-corrected chi connectivity index (χ0v) is 12.1. The van der Waals surface area contributed by atoms with E-state index in [1.807, 2.05) is 42.5 Å². The van der Waals surface area contributed by atoms with Crippen molar-refractivity contribution in [2.75, 3.05) is 11.9 Å². The van der Waals surface area contributed by atoms with Crippen molar-refractivity contribution in [3.05, 3.63) is 54.4 Å². The fraction of sp³-hybridized carbons (Fsp3) is 0.133. The van der Waals surface area contributed by atoms with Gasteiger partial charge in [0.05, 0.1) is 10.2 Å². The summed E-state index contributed by atoms with van der Waals surface area (Å²) >= 11 is 1.46. The van der Waals surface area contributed by atoms with Crippen LogP contribution in [0.15, 0.2) is 48.7 Å². The highest BCUT2D eigenvalue weighted by atomic mass is 32.1. The molecule has 2 N–H and O–H groups in total. The molecule has 0 aliphatic rings. The lowest BCUT2D eigenvalue weighted by molar-refractivity contribution is 0.252. The number of urea groups is 1. The van der Waals surface area contributed by atoms with Gasteiger partial charge in [-0.2, -0.15) is 0 Å². The third-order valence-corrected chi connectivity index (χ3v) is 3.86. The van der Waals surface area contributed by atoms with Gasteiger partial charge in [-0.25, -0.2) is 9.78 Å². The maximum Gasteiger partial charge on any atom is 0.321 e. The van der Waals surface area contributed by atoms with Crippen LogP contribution in [0.1, 0.15) is 5.69 Å². The van der Waals surface area contributed by atoms with Gasteiger partial charge in [0.25, 0.3) is 0 Å². The van der Waals surface area contributed by atoms with Crippen molar-refractivity contribution >= 4 is 32.7 Å². The zero-order valence-electron chi connectivity index (χ0n) is 11.2. The number of nitrogens with zero attached hydrogens (tertiary/aromatic N) is 2. The highest BCUT2D eigenvalue weighted by Gasteiger charge is 2.06. The van der Waals surface area contributed by atoms with E-state index >= 15 is 0 Å². The summed E-state index contributed by atoms with van der Waals surface area (Å²) < 4.78 is 1.06. The van der Waals surface area contributed by atoms with Crippen LogP contribution in [0, 0.1) is 0 Å². The normalized spacial score (nSPS) is 10.5. The van der Waals surface area contributed by atoms with Gasteiger partial charge < -0.3 is 5.32 Å². The molecule has 0 saturated carbocycles. The molecule has 2 amide bonds. The maximum atomic E-state index is 11.8. The first kappa shape index (κ1) is 13.5. The molecule has 0 fully saturated rings. The Morgan fingerprint density at radius 2 is 2.00 bits per heavy atom. The standard InChI is InChI=1S/C15H14N4OS/c20-14(17-10-8-11-5-3-4-9-16-11)19-15-18-12-6-1-2-7-13(12)21-15/h1-7,9H,8,10H2,(H2,17,18,19,20). The molecule has 3 aromatic rings. The smallest absolute Gasteiger partial charge is 0.321 e. The van der Waals surface area contributed by atoms with E-state index < -0.39 is 0 Å². The second-order valence-electron chi connectivity index (χ2n) is 4.44. The van der Waals surface area contributed by atoms with Crippen molar-refractivity contribution in [1.29, 1.82) is 0 Å². The predicted molar refractivity (Wildman–Crippen MR) is 84.6 cm³/mol. The number of thiazole rings is 1. The number of anilines is 1. The Hall–Kier alpha value is -2.47. The third kappa shape index (κ3) is 3.55. The van der Waals surface area contributed by atoms with Crippen LogP contribution in [0.25, 0.3) is 10.2 Å². The van der Waals surface area contributed by atoms with Gasteiger partial charge in [0.1, 0.15) is 0 Å². The minimum absolute atomic E-state index is 0.245. The molecule has 5 nitrogen and oxygen atoms in total. The minimum atomic E-state index is -0.245. The van der Waals surface area contributed by atoms with Crippen LogP contribution in [0.2, 0.25) is 0 Å². The van der Waals surface area contributed by atoms with Crippen molar-refractivity contribution in [2.45, 2.75) is 6.42 Å². The largest absolute Gasteiger partial charge is 0.337 e. The number of para-hydroxylation sites is 1. The number of carbonyl (C=O) groups excluding carboxylic acids is 1. The number of carbonyl (C=O) groups is 1. The van der Waals surface area contributed by atoms with Crippen LogP contribution in [0.4, 0.5) is 9.93 Å². The molecule has 0 spiro atoms. The lowest BCUT2D eigenvalue weighted by Crippen LogP contribution is -2.30. The van der Waals surface area contributed by atoms with E-state index in [-0.39, 0.29) is 6.03 Å². The van der Waals surface area contributed by atoms with Crippen molar-refractivity contribution in [2.24, 2.45) is 0 Å². The first-order valence-electron chi connectivity index (χ1n) is 6.61. The molecular formula is C15H14N4OS. The van der Waals surface area contributed by atoms with Crippen LogP contribution in [-0.4, -0.2) is 22.5 Å². The van der Waals surface area contributed by atoms with Gasteiger partial charge in [-0.3, -0.25) is 10.3 Å². The topological polar surface area (TPSA) is 66.9 Å². The number of hydrogen-bond acceptors (Lipinski definition) is 4. The Bertz CT molecular complexity index is 709. The summed E-state index contributed by atoms with van der Waals surface area (Å²) in [5.41, 5.74) is 1.85. The molecule has 6 heteroatoms. The number of aromatic nitrogens is 2. The molecular weight excluding hydrogens is 284 g/mol. The molecule has 0 unspecified atom stereocenters. The number of hydrogen-bond donors (Lipinski definition) is 2.